The van der Waals surface area contributed by atoms with E-state index in [9.17, 15) is 0 Å². The van der Waals surface area contributed by atoms with Gasteiger partial charge in [0.15, 0.2) is 0 Å². The van der Waals surface area contributed by atoms with E-state index in [-0.39, 0.29) is 5.41 Å². The third-order valence-corrected chi connectivity index (χ3v) is 4.98. The summed E-state index contributed by atoms with van der Waals surface area (Å²) in [6.45, 7) is 0. The van der Waals surface area contributed by atoms with E-state index in [1.807, 2.05) is 0 Å². The lowest BCUT2D eigenvalue weighted by Crippen LogP contribution is -2.32. The fourth-order valence-electron chi connectivity index (χ4n) is 2.98. The van der Waals surface area contributed by atoms with Gasteiger partial charge in [-0.25, -0.2) is 0 Å². The Labute approximate surface area is 113 Å². The Bertz CT molecular complexity index is 442. The highest BCUT2D eigenvalue weighted by Gasteiger charge is 2.35. The van der Waals surface area contributed by atoms with Crippen molar-refractivity contribution in [3.8, 4) is 0 Å². The predicted octanol–water partition coefficient (Wildman–Crippen LogP) is 4.50. The third-order valence-electron chi connectivity index (χ3n) is 4.00. The Kier molecular flexibility index (Phi) is 3.42. The summed E-state index contributed by atoms with van der Waals surface area (Å²) < 4.78 is 0. The zero-order valence-electron chi connectivity index (χ0n) is 10.5. The van der Waals surface area contributed by atoms with Crippen molar-refractivity contribution in [2.45, 2.75) is 18.3 Å². The molecular formula is C17H18S. The molecule has 0 N–H and O–H groups in total. The summed E-state index contributed by atoms with van der Waals surface area (Å²) in [6.07, 6.45) is 2.51. The molecule has 92 valence electrons. The topological polar surface area (TPSA) is 0 Å². The highest BCUT2D eigenvalue weighted by Crippen LogP contribution is 2.43. The molecule has 0 nitrogen and oxygen atoms in total. The van der Waals surface area contributed by atoms with Crippen LogP contribution in [0.2, 0.25) is 0 Å². The van der Waals surface area contributed by atoms with Crippen LogP contribution in [0, 0.1) is 0 Å². The van der Waals surface area contributed by atoms with Gasteiger partial charge in [-0.2, -0.15) is 11.8 Å². The van der Waals surface area contributed by atoms with E-state index in [0.717, 1.165) is 0 Å². The van der Waals surface area contributed by atoms with Gasteiger partial charge in [-0.15, -0.1) is 0 Å². The molecule has 2 aromatic rings. The minimum atomic E-state index is 0.244. The summed E-state index contributed by atoms with van der Waals surface area (Å²) >= 11 is 2.09. The molecule has 2 aromatic carbocycles. The molecule has 0 aromatic heterocycles. The Morgan fingerprint density at radius 2 is 1.11 bits per heavy atom. The van der Waals surface area contributed by atoms with Crippen LogP contribution in [0.25, 0.3) is 0 Å². The Morgan fingerprint density at radius 1 is 0.667 bits per heavy atom. The number of benzene rings is 2. The van der Waals surface area contributed by atoms with Gasteiger partial charge >= 0.3 is 0 Å². The maximum atomic E-state index is 2.29. The van der Waals surface area contributed by atoms with Crippen molar-refractivity contribution >= 4 is 11.8 Å². The molecule has 0 saturated carbocycles. The lowest BCUT2D eigenvalue weighted by Gasteiger charge is -2.38. The molecule has 1 heteroatoms. The fraction of sp³-hybridized carbons (Fsp3) is 0.294. The summed E-state index contributed by atoms with van der Waals surface area (Å²) in [5.74, 6) is 2.54. The Balaban J connectivity index is 2.10. The largest absolute Gasteiger partial charge is 0.162 e. The fourth-order valence-corrected chi connectivity index (χ4v) is 4.17. The number of rotatable bonds is 2. The van der Waals surface area contributed by atoms with Crippen LogP contribution in [0.5, 0.6) is 0 Å². The van der Waals surface area contributed by atoms with Gasteiger partial charge < -0.3 is 0 Å². The van der Waals surface area contributed by atoms with Crippen molar-refractivity contribution in [1.82, 2.24) is 0 Å². The van der Waals surface area contributed by atoms with E-state index in [1.54, 1.807) is 0 Å². The first-order valence-corrected chi connectivity index (χ1v) is 7.76. The summed E-state index contributed by atoms with van der Waals surface area (Å²) in [5.41, 5.74) is 3.21. The SMILES string of the molecule is c1ccc(C2(c3ccccc3)CCSCC2)cc1. The number of thioether (sulfide) groups is 1. The molecule has 0 atom stereocenters. The van der Waals surface area contributed by atoms with Gasteiger partial charge in [0.05, 0.1) is 0 Å². The first-order valence-electron chi connectivity index (χ1n) is 6.61. The van der Waals surface area contributed by atoms with E-state index in [4.69, 9.17) is 0 Å². The molecule has 0 spiro atoms. The number of hydrogen-bond donors (Lipinski definition) is 0. The van der Waals surface area contributed by atoms with Crippen molar-refractivity contribution in [2.24, 2.45) is 0 Å². The molecule has 3 rings (SSSR count). The van der Waals surface area contributed by atoms with E-state index in [1.165, 1.54) is 35.5 Å². The minimum absolute atomic E-state index is 0.244. The van der Waals surface area contributed by atoms with Crippen LogP contribution in [0.3, 0.4) is 0 Å². The van der Waals surface area contributed by atoms with Gasteiger partial charge in [0.1, 0.15) is 0 Å². The second-order valence-electron chi connectivity index (χ2n) is 4.93. The summed E-state index contributed by atoms with van der Waals surface area (Å²) in [6, 6.07) is 22.1. The van der Waals surface area contributed by atoms with Gasteiger partial charge in [0.2, 0.25) is 0 Å². The summed E-state index contributed by atoms with van der Waals surface area (Å²) in [7, 11) is 0. The predicted molar refractivity (Wildman–Crippen MR) is 80.2 cm³/mol. The highest BCUT2D eigenvalue weighted by atomic mass is 32.2. The highest BCUT2D eigenvalue weighted by molar-refractivity contribution is 7.99. The van der Waals surface area contributed by atoms with Crippen molar-refractivity contribution in [1.29, 1.82) is 0 Å². The van der Waals surface area contributed by atoms with E-state index >= 15 is 0 Å². The van der Waals surface area contributed by atoms with E-state index < -0.39 is 0 Å². The summed E-state index contributed by atoms with van der Waals surface area (Å²) in [5, 5.41) is 0. The first kappa shape index (κ1) is 11.9. The van der Waals surface area contributed by atoms with Gasteiger partial charge in [-0.3, -0.25) is 0 Å². The molecule has 0 unspecified atom stereocenters. The summed E-state index contributed by atoms with van der Waals surface area (Å²) in [4.78, 5) is 0. The maximum absolute atomic E-state index is 2.29. The van der Waals surface area contributed by atoms with Crippen molar-refractivity contribution in [3.63, 3.8) is 0 Å². The molecule has 18 heavy (non-hydrogen) atoms. The van der Waals surface area contributed by atoms with Crippen LogP contribution in [0.4, 0.5) is 0 Å². The maximum Gasteiger partial charge on any atom is 0.0218 e. The van der Waals surface area contributed by atoms with Crippen LogP contribution in [-0.4, -0.2) is 11.5 Å². The monoisotopic (exact) mass is 254 g/mol. The smallest absolute Gasteiger partial charge is 0.0218 e. The molecule has 0 aliphatic carbocycles. The van der Waals surface area contributed by atoms with Crippen LogP contribution in [0.1, 0.15) is 24.0 Å². The van der Waals surface area contributed by atoms with Crippen LogP contribution >= 0.6 is 11.8 Å². The molecule has 1 heterocycles. The van der Waals surface area contributed by atoms with Crippen molar-refractivity contribution in [3.05, 3.63) is 71.8 Å². The normalized spacial score (nSPS) is 18.4. The molecule has 0 radical (unpaired) electrons. The zero-order valence-corrected chi connectivity index (χ0v) is 11.3. The van der Waals surface area contributed by atoms with Gasteiger partial charge in [0, 0.05) is 5.41 Å². The third kappa shape index (κ3) is 2.08. The van der Waals surface area contributed by atoms with Crippen LogP contribution in [-0.2, 0) is 5.41 Å². The van der Waals surface area contributed by atoms with Gasteiger partial charge in [-0.1, -0.05) is 60.7 Å². The molecule has 0 bridgehead atoms. The Hall–Kier alpha value is -1.21. The first-order chi connectivity index (χ1) is 8.92. The number of hydrogen-bond acceptors (Lipinski definition) is 1. The van der Waals surface area contributed by atoms with Gasteiger partial charge in [0.25, 0.3) is 0 Å². The van der Waals surface area contributed by atoms with Crippen LogP contribution < -0.4 is 0 Å². The quantitative estimate of drug-likeness (QED) is 0.760. The van der Waals surface area contributed by atoms with E-state index in [0.29, 0.717) is 0 Å². The molecule has 1 aliphatic rings. The lowest BCUT2D eigenvalue weighted by molar-refractivity contribution is 0.476. The molecular weight excluding hydrogens is 236 g/mol. The molecule has 1 fully saturated rings. The van der Waals surface area contributed by atoms with Crippen molar-refractivity contribution in [2.75, 3.05) is 11.5 Å². The lowest BCUT2D eigenvalue weighted by atomic mass is 9.70. The molecule has 1 saturated heterocycles. The minimum Gasteiger partial charge on any atom is -0.162 e. The average Bonchev–Trinajstić information content (AvgIpc) is 2.50. The molecule has 1 aliphatic heterocycles. The molecule has 0 amide bonds. The average molecular weight is 254 g/mol. The van der Waals surface area contributed by atoms with E-state index in [2.05, 4.69) is 72.4 Å². The second kappa shape index (κ2) is 5.19. The van der Waals surface area contributed by atoms with Gasteiger partial charge in [-0.05, 0) is 35.5 Å². The van der Waals surface area contributed by atoms with Crippen molar-refractivity contribution < 1.29 is 0 Å². The Morgan fingerprint density at radius 3 is 1.56 bits per heavy atom. The van der Waals surface area contributed by atoms with Crippen LogP contribution in [0.15, 0.2) is 60.7 Å². The zero-order chi connectivity index (χ0) is 12.3. The second-order valence-corrected chi connectivity index (χ2v) is 6.15. The standard InChI is InChI=1S/C17H18S/c1-3-7-15(8-4-1)17(11-13-18-14-12-17)16-9-5-2-6-10-16/h1-10H,11-14H2.